The van der Waals surface area contributed by atoms with Crippen LogP contribution in [0.25, 0.3) is 0 Å². The lowest BCUT2D eigenvalue weighted by atomic mass is 9.97. The van der Waals surface area contributed by atoms with Gasteiger partial charge in [0.15, 0.2) is 0 Å². The standard InChI is InChI=1S/C11H16N2O4/c1-3-17-10(14)8-6-4-5-7-9(8)12-13-11(15)16-2/h3-7H2,1-2H3. The van der Waals surface area contributed by atoms with Crippen molar-refractivity contribution in [3.63, 3.8) is 0 Å². The molecule has 0 aliphatic heterocycles. The van der Waals surface area contributed by atoms with Crippen molar-refractivity contribution < 1.29 is 19.1 Å². The van der Waals surface area contributed by atoms with Crippen molar-refractivity contribution in [2.45, 2.75) is 32.6 Å². The highest BCUT2D eigenvalue weighted by Crippen LogP contribution is 2.26. The third-order valence-electron chi connectivity index (χ3n) is 2.39. The van der Waals surface area contributed by atoms with Gasteiger partial charge in [0, 0.05) is 0 Å². The molecule has 0 aromatic rings. The van der Waals surface area contributed by atoms with Gasteiger partial charge < -0.3 is 9.47 Å². The number of methoxy groups -OCH3 is 1. The Morgan fingerprint density at radius 3 is 2.65 bits per heavy atom. The summed E-state index contributed by atoms with van der Waals surface area (Å²) in [6, 6.07) is 0. The van der Waals surface area contributed by atoms with Gasteiger partial charge in [-0.25, -0.2) is 9.59 Å². The summed E-state index contributed by atoms with van der Waals surface area (Å²) in [5.41, 5.74) is 1.05. The molecule has 0 atom stereocenters. The average molecular weight is 240 g/mol. The van der Waals surface area contributed by atoms with Crippen molar-refractivity contribution in [2.75, 3.05) is 13.7 Å². The van der Waals surface area contributed by atoms with E-state index in [-0.39, 0.29) is 5.97 Å². The van der Waals surface area contributed by atoms with Crippen LogP contribution in [0, 0.1) is 0 Å². The number of ether oxygens (including phenoxy) is 2. The number of azo groups is 1. The summed E-state index contributed by atoms with van der Waals surface area (Å²) in [6.45, 7) is 2.07. The first-order chi connectivity index (χ1) is 8.19. The van der Waals surface area contributed by atoms with Crippen LogP contribution < -0.4 is 0 Å². The first kappa shape index (κ1) is 13.3. The molecule has 17 heavy (non-hydrogen) atoms. The predicted octanol–water partition coefficient (Wildman–Crippen LogP) is 2.60. The molecular weight excluding hydrogens is 224 g/mol. The van der Waals surface area contributed by atoms with E-state index in [2.05, 4.69) is 15.0 Å². The molecule has 0 unspecified atom stereocenters. The third kappa shape index (κ3) is 3.97. The molecule has 0 saturated carbocycles. The number of carbonyl (C=O) groups is 2. The van der Waals surface area contributed by atoms with Gasteiger partial charge in [0.25, 0.3) is 0 Å². The Balaban J connectivity index is 2.84. The number of allylic oxidation sites excluding steroid dienone is 1. The highest BCUT2D eigenvalue weighted by atomic mass is 16.5. The largest absolute Gasteiger partial charge is 0.463 e. The molecule has 6 heteroatoms. The maximum atomic E-state index is 11.6. The molecule has 0 bridgehead atoms. The molecule has 0 N–H and O–H groups in total. The second-order valence-corrected chi connectivity index (χ2v) is 3.52. The molecule has 1 aliphatic rings. The van der Waals surface area contributed by atoms with Crippen LogP contribution in [0.1, 0.15) is 32.6 Å². The molecule has 0 aromatic heterocycles. The summed E-state index contributed by atoms with van der Waals surface area (Å²) in [4.78, 5) is 22.5. The van der Waals surface area contributed by atoms with Gasteiger partial charge in [0.05, 0.1) is 25.0 Å². The van der Waals surface area contributed by atoms with E-state index in [1.54, 1.807) is 6.92 Å². The number of nitrogens with zero attached hydrogens (tertiary/aromatic N) is 2. The van der Waals surface area contributed by atoms with E-state index in [9.17, 15) is 9.59 Å². The van der Waals surface area contributed by atoms with Gasteiger partial charge in [-0.15, -0.1) is 5.11 Å². The van der Waals surface area contributed by atoms with Crippen molar-refractivity contribution in [3.05, 3.63) is 11.3 Å². The minimum Gasteiger partial charge on any atom is -0.463 e. The van der Waals surface area contributed by atoms with E-state index in [1.807, 2.05) is 0 Å². The second-order valence-electron chi connectivity index (χ2n) is 3.52. The molecule has 1 rings (SSSR count). The van der Waals surface area contributed by atoms with Gasteiger partial charge in [-0.2, -0.15) is 0 Å². The molecule has 0 fully saturated rings. The molecule has 94 valence electrons. The summed E-state index contributed by atoms with van der Waals surface area (Å²) >= 11 is 0. The van der Waals surface area contributed by atoms with E-state index >= 15 is 0 Å². The van der Waals surface area contributed by atoms with E-state index in [0.29, 0.717) is 30.7 Å². The van der Waals surface area contributed by atoms with E-state index in [0.717, 1.165) is 12.8 Å². The fraction of sp³-hybridized carbons (Fsp3) is 0.636. The summed E-state index contributed by atoms with van der Waals surface area (Å²) in [5.74, 6) is -0.369. The first-order valence-electron chi connectivity index (χ1n) is 5.57. The van der Waals surface area contributed by atoms with Gasteiger partial charge in [0.2, 0.25) is 0 Å². The maximum Gasteiger partial charge on any atom is 0.452 e. The van der Waals surface area contributed by atoms with Crippen LogP contribution in [0.2, 0.25) is 0 Å². The van der Waals surface area contributed by atoms with Crippen LogP contribution >= 0.6 is 0 Å². The van der Waals surface area contributed by atoms with Gasteiger partial charge in [-0.1, -0.05) is 5.11 Å². The van der Waals surface area contributed by atoms with Crippen molar-refractivity contribution in [1.29, 1.82) is 0 Å². The molecule has 0 heterocycles. The SMILES string of the molecule is CCOC(=O)C1=C(N=NC(=O)OC)CCCC1. The number of carbonyl (C=O) groups excluding carboxylic acids is 2. The minimum atomic E-state index is -0.772. The minimum absolute atomic E-state index is 0.323. The third-order valence-corrected chi connectivity index (χ3v) is 2.39. The Bertz CT molecular complexity index is 360. The van der Waals surface area contributed by atoms with Crippen LogP contribution in [-0.4, -0.2) is 25.8 Å². The Morgan fingerprint density at radius 2 is 2.00 bits per heavy atom. The van der Waals surface area contributed by atoms with Crippen LogP contribution in [0.3, 0.4) is 0 Å². The summed E-state index contributed by atoms with van der Waals surface area (Å²) in [5, 5.41) is 7.13. The normalized spacial score (nSPS) is 16.1. The zero-order chi connectivity index (χ0) is 12.7. The monoisotopic (exact) mass is 240 g/mol. The van der Waals surface area contributed by atoms with Gasteiger partial charge in [-0.05, 0) is 32.6 Å². The van der Waals surface area contributed by atoms with E-state index in [1.165, 1.54) is 7.11 Å². The highest BCUT2D eigenvalue weighted by Gasteiger charge is 2.20. The lowest BCUT2D eigenvalue weighted by Crippen LogP contribution is -2.12. The van der Waals surface area contributed by atoms with Crippen LogP contribution in [0.4, 0.5) is 4.79 Å². The number of hydrogen-bond donors (Lipinski definition) is 0. The lowest BCUT2D eigenvalue weighted by Gasteiger charge is -2.14. The topological polar surface area (TPSA) is 77.3 Å². The maximum absolute atomic E-state index is 11.6. The summed E-state index contributed by atoms with van der Waals surface area (Å²) in [7, 11) is 1.23. The van der Waals surface area contributed by atoms with Crippen LogP contribution in [0.5, 0.6) is 0 Å². The molecule has 0 aromatic carbocycles. The van der Waals surface area contributed by atoms with Crippen molar-refractivity contribution in [2.24, 2.45) is 10.2 Å². The fourth-order valence-corrected chi connectivity index (χ4v) is 1.58. The predicted molar refractivity (Wildman–Crippen MR) is 59.4 cm³/mol. The Hall–Kier alpha value is -1.72. The van der Waals surface area contributed by atoms with Gasteiger partial charge in [0.1, 0.15) is 0 Å². The summed E-state index contributed by atoms with van der Waals surface area (Å²) in [6.07, 6.45) is 2.33. The molecule has 0 saturated heterocycles. The molecule has 1 aliphatic carbocycles. The summed E-state index contributed by atoms with van der Waals surface area (Å²) < 4.78 is 9.28. The average Bonchev–Trinajstić information content (AvgIpc) is 2.36. The zero-order valence-corrected chi connectivity index (χ0v) is 10.1. The van der Waals surface area contributed by atoms with Gasteiger partial charge in [-0.3, -0.25) is 0 Å². The fourth-order valence-electron chi connectivity index (χ4n) is 1.58. The number of amides is 1. The van der Waals surface area contributed by atoms with E-state index < -0.39 is 6.09 Å². The Labute approximate surface area is 99.7 Å². The quantitative estimate of drug-likeness (QED) is 0.561. The Morgan fingerprint density at radius 1 is 1.29 bits per heavy atom. The van der Waals surface area contributed by atoms with Crippen LogP contribution in [-0.2, 0) is 14.3 Å². The molecule has 0 spiro atoms. The molecule has 1 amide bonds. The number of hydrogen-bond acceptors (Lipinski definition) is 5. The molecule has 0 radical (unpaired) electrons. The van der Waals surface area contributed by atoms with Crippen molar-refractivity contribution in [3.8, 4) is 0 Å². The molecule has 6 nitrogen and oxygen atoms in total. The van der Waals surface area contributed by atoms with Crippen LogP contribution in [0.15, 0.2) is 21.5 Å². The highest BCUT2D eigenvalue weighted by molar-refractivity contribution is 5.89. The Kier molecular flexibility index (Phi) is 5.32. The van der Waals surface area contributed by atoms with E-state index in [4.69, 9.17) is 4.74 Å². The lowest BCUT2D eigenvalue weighted by molar-refractivity contribution is -0.138. The second kappa shape index (κ2) is 6.78. The van der Waals surface area contributed by atoms with Crippen molar-refractivity contribution in [1.82, 2.24) is 0 Å². The first-order valence-corrected chi connectivity index (χ1v) is 5.57. The van der Waals surface area contributed by atoms with Gasteiger partial charge >= 0.3 is 12.1 Å². The smallest absolute Gasteiger partial charge is 0.452 e. The number of esters is 1. The van der Waals surface area contributed by atoms with Crippen molar-refractivity contribution >= 4 is 12.1 Å². The number of rotatable bonds is 3. The zero-order valence-electron chi connectivity index (χ0n) is 10.1. The molecular formula is C11H16N2O4.